The molecule has 0 aromatic heterocycles. The highest BCUT2D eigenvalue weighted by Gasteiger charge is 2.30. The van der Waals surface area contributed by atoms with Gasteiger partial charge in [-0.05, 0) is 43.5 Å². The van der Waals surface area contributed by atoms with Gasteiger partial charge in [0.1, 0.15) is 16.5 Å². The molecule has 1 N–H and O–H groups in total. The van der Waals surface area contributed by atoms with E-state index in [4.69, 9.17) is 0 Å². The van der Waals surface area contributed by atoms with Crippen LogP contribution < -0.4 is 10.1 Å². The molecule has 3 rings (SSSR count). The second kappa shape index (κ2) is 9.69. The summed E-state index contributed by atoms with van der Waals surface area (Å²) in [5.74, 6) is -1.66. The van der Waals surface area contributed by atoms with Crippen LogP contribution in [0.4, 0.5) is 13.2 Å². The molecule has 2 aromatic rings. The lowest BCUT2D eigenvalue weighted by atomic mass is 10.0. The molecule has 0 bridgehead atoms. The van der Waals surface area contributed by atoms with Gasteiger partial charge in [-0.1, -0.05) is 25.1 Å². The van der Waals surface area contributed by atoms with E-state index in [-0.39, 0.29) is 11.3 Å². The van der Waals surface area contributed by atoms with Gasteiger partial charge in [-0.25, -0.2) is 12.8 Å². The van der Waals surface area contributed by atoms with Crippen LogP contribution in [-0.2, 0) is 10.0 Å². The molecule has 6 nitrogen and oxygen atoms in total. The van der Waals surface area contributed by atoms with Gasteiger partial charge in [-0.15, -0.1) is 0 Å². The normalized spacial score (nSPS) is 15.8. The Balaban J connectivity index is 1.86. The Hall–Kier alpha value is -2.59. The average Bonchev–Trinajstić information content (AvgIpc) is 3.28. The number of hydrogen-bond donors (Lipinski definition) is 1. The lowest BCUT2D eigenvalue weighted by Gasteiger charge is -2.21. The van der Waals surface area contributed by atoms with E-state index < -0.39 is 39.3 Å². The van der Waals surface area contributed by atoms with Gasteiger partial charge in [0.05, 0.1) is 6.04 Å². The summed E-state index contributed by atoms with van der Waals surface area (Å²) in [5.41, 5.74) is 0.301. The summed E-state index contributed by atoms with van der Waals surface area (Å²) in [7, 11) is -4.06. The van der Waals surface area contributed by atoms with Crippen LogP contribution in [0.15, 0.2) is 47.4 Å². The quantitative estimate of drug-likeness (QED) is 0.649. The Kier molecular flexibility index (Phi) is 7.22. The monoisotopic (exact) mass is 456 g/mol. The number of carbonyl (C=O) groups excluding carboxylic acids is 1. The Morgan fingerprint density at radius 2 is 1.84 bits per heavy atom. The van der Waals surface area contributed by atoms with Crippen LogP contribution in [0.3, 0.4) is 0 Å². The Bertz CT molecular complexity index is 1040. The number of carbonyl (C=O) groups is 1. The molecule has 1 amide bonds. The van der Waals surface area contributed by atoms with Gasteiger partial charge in [-0.3, -0.25) is 4.79 Å². The molecule has 10 heteroatoms. The van der Waals surface area contributed by atoms with Crippen LogP contribution in [-0.4, -0.2) is 38.3 Å². The Morgan fingerprint density at radius 3 is 2.48 bits per heavy atom. The summed E-state index contributed by atoms with van der Waals surface area (Å²) < 4.78 is 71.0. The molecule has 2 aromatic carbocycles. The van der Waals surface area contributed by atoms with E-state index in [0.29, 0.717) is 37.9 Å². The number of alkyl halides is 2. The molecule has 0 radical (unpaired) electrons. The van der Waals surface area contributed by atoms with E-state index >= 15 is 0 Å². The molecule has 0 spiro atoms. The molecule has 1 saturated heterocycles. The summed E-state index contributed by atoms with van der Waals surface area (Å²) in [4.78, 5) is 12.2. The van der Waals surface area contributed by atoms with E-state index in [1.54, 1.807) is 19.1 Å². The zero-order chi connectivity index (χ0) is 22.6. The second-order valence-corrected chi connectivity index (χ2v) is 9.01. The Morgan fingerprint density at radius 1 is 1.16 bits per heavy atom. The number of sulfonamides is 1. The minimum absolute atomic E-state index is 0.0510. The zero-order valence-corrected chi connectivity index (χ0v) is 17.7. The van der Waals surface area contributed by atoms with E-state index in [9.17, 15) is 26.4 Å². The van der Waals surface area contributed by atoms with Crippen molar-refractivity contribution >= 4 is 15.9 Å². The van der Waals surface area contributed by atoms with Crippen LogP contribution in [0.2, 0.25) is 0 Å². The van der Waals surface area contributed by atoms with Gasteiger partial charge in [0.2, 0.25) is 10.0 Å². The molecule has 0 aliphatic carbocycles. The summed E-state index contributed by atoms with van der Waals surface area (Å²) in [6, 6.07) is 8.54. The molecule has 1 fully saturated rings. The summed E-state index contributed by atoms with van der Waals surface area (Å²) in [6.07, 6.45) is 1.74. The third kappa shape index (κ3) is 5.19. The first-order chi connectivity index (χ1) is 14.7. The van der Waals surface area contributed by atoms with E-state index in [1.807, 2.05) is 0 Å². The van der Waals surface area contributed by atoms with Gasteiger partial charge in [-0.2, -0.15) is 13.1 Å². The van der Waals surface area contributed by atoms with Gasteiger partial charge in [0.15, 0.2) is 0 Å². The van der Waals surface area contributed by atoms with Crippen molar-refractivity contribution in [1.29, 1.82) is 0 Å². The fourth-order valence-corrected chi connectivity index (χ4v) is 5.13. The van der Waals surface area contributed by atoms with E-state index in [0.717, 1.165) is 12.1 Å². The lowest BCUT2D eigenvalue weighted by Crippen LogP contribution is -2.30. The molecule has 1 atom stereocenters. The smallest absolute Gasteiger partial charge is 0.387 e. The minimum atomic E-state index is -4.06. The number of ether oxygens (including phenoxy) is 1. The van der Waals surface area contributed by atoms with Crippen molar-refractivity contribution in [3.8, 4) is 5.75 Å². The average molecular weight is 456 g/mol. The maximum Gasteiger partial charge on any atom is 0.387 e. The van der Waals surface area contributed by atoms with Crippen molar-refractivity contribution in [3.63, 3.8) is 0 Å². The number of hydrogen-bond acceptors (Lipinski definition) is 4. The van der Waals surface area contributed by atoms with Crippen LogP contribution in [0.25, 0.3) is 0 Å². The third-order valence-corrected chi connectivity index (χ3v) is 7.01. The van der Waals surface area contributed by atoms with Gasteiger partial charge in [0.25, 0.3) is 5.91 Å². The minimum Gasteiger partial charge on any atom is -0.434 e. The van der Waals surface area contributed by atoms with Crippen molar-refractivity contribution in [1.82, 2.24) is 9.62 Å². The zero-order valence-electron chi connectivity index (χ0n) is 16.9. The fourth-order valence-electron chi connectivity index (χ4n) is 3.52. The van der Waals surface area contributed by atoms with Crippen molar-refractivity contribution in [2.45, 2.75) is 43.7 Å². The summed E-state index contributed by atoms with van der Waals surface area (Å²) in [5, 5.41) is 2.69. The highest BCUT2D eigenvalue weighted by molar-refractivity contribution is 7.89. The van der Waals surface area contributed by atoms with Crippen LogP contribution >= 0.6 is 0 Å². The van der Waals surface area contributed by atoms with E-state index in [2.05, 4.69) is 10.1 Å². The second-order valence-electron chi connectivity index (χ2n) is 7.11. The predicted octanol–water partition coefficient (Wildman–Crippen LogP) is 4.09. The SMILES string of the molecule is CCC(NC(=O)c1ccc(F)c(S(=O)(=O)N2CCCC2)c1)c1ccccc1OC(F)F. The number of benzene rings is 2. The van der Waals surface area contributed by atoms with Crippen molar-refractivity contribution < 1.29 is 31.1 Å². The molecular formula is C21H23F3N2O4S. The van der Waals surface area contributed by atoms with Crippen LogP contribution in [0.5, 0.6) is 5.75 Å². The van der Waals surface area contributed by atoms with Crippen molar-refractivity contribution in [3.05, 3.63) is 59.4 Å². The fraction of sp³-hybridized carbons (Fsp3) is 0.381. The predicted molar refractivity (Wildman–Crippen MR) is 108 cm³/mol. The number of nitrogens with zero attached hydrogens (tertiary/aromatic N) is 1. The van der Waals surface area contributed by atoms with Gasteiger partial charge in [0, 0.05) is 24.2 Å². The highest BCUT2D eigenvalue weighted by Crippen LogP contribution is 2.29. The molecule has 1 aliphatic heterocycles. The molecule has 1 heterocycles. The summed E-state index contributed by atoms with van der Waals surface area (Å²) in [6.45, 7) is -0.670. The number of amides is 1. The van der Waals surface area contributed by atoms with Crippen LogP contribution in [0, 0.1) is 5.82 Å². The number of nitrogens with one attached hydrogen (secondary N) is 1. The van der Waals surface area contributed by atoms with Crippen molar-refractivity contribution in [2.75, 3.05) is 13.1 Å². The number of halogens is 3. The molecule has 168 valence electrons. The molecular weight excluding hydrogens is 433 g/mol. The topological polar surface area (TPSA) is 75.7 Å². The first-order valence-electron chi connectivity index (χ1n) is 9.88. The Labute approximate surface area is 179 Å². The number of para-hydroxylation sites is 1. The van der Waals surface area contributed by atoms with Gasteiger partial charge < -0.3 is 10.1 Å². The van der Waals surface area contributed by atoms with E-state index in [1.165, 1.54) is 22.5 Å². The molecule has 0 saturated carbocycles. The van der Waals surface area contributed by atoms with Gasteiger partial charge >= 0.3 is 6.61 Å². The lowest BCUT2D eigenvalue weighted by molar-refractivity contribution is -0.0506. The third-order valence-electron chi connectivity index (χ3n) is 5.10. The highest BCUT2D eigenvalue weighted by atomic mass is 32.2. The van der Waals surface area contributed by atoms with Crippen LogP contribution in [0.1, 0.15) is 48.1 Å². The largest absolute Gasteiger partial charge is 0.434 e. The molecule has 1 unspecified atom stereocenters. The first kappa shape index (κ1) is 23.1. The van der Waals surface area contributed by atoms with Crippen molar-refractivity contribution in [2.24, 2.45) is 0 Å². The molecule has 1 aliphatic rings. The number of rotatable bonds is 8. The molecule has 31 heavy (non-hydrogen) atoms. The summed E-state index contributed by atoms with van der Waals surface area (Å²) >= 11 is 0. The standard InChI is InChI=1S/C21H23F3N2O4S/c1-2-17(15-7-3-4-8-18(15)30-21(23)24)25-20(27)14-9-10-16(22)19(13-14)31(28,29)26-11-5-6-12-26/h3-4,7-10,13,17,21H,2,5-6,11-12H2,1H3,(H,25,27). The maximum atomic E-state index is 14.3. The maximum absolute atomic E-state index is 14.3. The first-order valence-corrected chi connectivity index (χ1v) is 11.3.